The van der Waals surface area contributed by atoms with Crippen molar-refractivity contribution in [3.05, 3.63) is 32.6 Å². The summed E-state index contributed by atoms with van der Waals surface area (Å²) in [5.74, 6) is -0.315. The van der Waals surface area contributed by atoms with Gasteiger partial charge in [-0.05, 0) is 12.8 Å². The first kappa shape index (κ1) is 9.70. The van der Waals surface area contributed by atoms with E-state index in [0.29, 0.717) is 13.1 Å². The maximum atomic E-state index is 11.8. The molecule has 1 aromatic rings. The lowest BCUT2D eigenvalue weighted by atomic mass is 10.3. The molecule has 1 saturated heterocycles. The van der Waals surface area contributed by atoms with E-state index in [1.165, 1.54) is 6.20 Å². The number of nitrogens with zero attached hydrogens (tertiary/aromatic N) is 1. The summed E-state index contributed by atoms with van der Waals surface area (Å²) < 4.78 is 0. The molecule has 0 atom stereocenters. The Labute approximate surface area is 84.9 Å². The summed E-state index contributed by atoms with van der Waals surface area (Å²) in [5.41, 5.74) is -1.23. The minimum atomic E-state index is -0.629. The number of aromatic amines is 2. The van der Waals surface area contributed by atoms with Crippen molar-refractivity contribution in [3.63, 3.8) is 0 Å². The van der Waals surface area contributed by atoms with Gasteiger partial charge in [0.05, 0.1) is 0 Å². The highest BCUT2D eigenvalue weighted by Crippen LogP contribution is 2.09. The van der Waals surface area contributed by atoms with Crippen molar-refractivity contribution in [2.75, 3.05) is 13.1 Å². The molecule has 80 valence electrons. The number of nitrogens with one attached hydrogen (secondary N) is 2. The normalized spacial score (nSPS) is 15.6. The van der Waals surface area contributed by atoms with Crippen LogP contribution in [0.1, 0.15) is 23.2 Å². The van der Waals surface area contributed by atoms with E-state index < -0.39 is 11.2 Å². The molecule has 1 aliphatic rings. The third kappa shape index (κ3) is 1.83. The van der Waals surface area contributed by atoms with Gasteiger partial charge in [-0.25, -0.2) is 4.79 Å². The fourth-order valence-electron chi connectivity index (χ4n) is 1.66. The lowest BCUT2D eigenvalue weighted by Gasteiger charge is -2.13. The van der Waals surface area contributed by atoms with Crippen LogP contribution < -0.4 is 11.2 Å². The van der Waals surface area contributed by atoms with E-state index in [0.717, 1.165) is 12.8 Å². The van der Waals surface area contributed by atoms with Gasteiger partial charge in [-0.1, -0.05) is 0 Å². The molecule has 0 unspecified atom stereocenters. The molecule has 0 bridgehead atoms. The van der Waals surface area contributed by atoms with Crippen molar-refractivity contribution in [1.82, 2.24) is 14.9 Å². The average Bonchev–Trinajstić information content (AvgIpc) is 2.69. The van der Waals surface area contributed by atoms with Crippen LogP contribution in [-0.4, -0.2) is 33.9 Å². The van der Waals surface area contributed by atoms with Crippen molar-refractivity contribution in [2.24, 2.45) is 0 Å². The third-order valence-corrected chi connectivity index (χ3v) is 2.44. The Morgan fingerprint density at radius 3 is 2.53 bits per heavy atom. The predicted molar refractivity (Wildman–Crippen MR) is 52.8 cm³/mol. The molecule has 1 aliphatic heterocycles. The predicted octanol–water partition coefficient (Wildman–Crippen LogP) is -0.701. The van der Waals surface area contributed by atoms with Gasteiger partial charge in [0.25, 0.3) is 11.5 Å². The smallest absolute Gasteiger partial charge is 0.325 e. The zero-order chi connectivity index (χ0) is 10.8. The van der Waals surface area contributed by atoms with Gasteiger partial charge in [0.15, 0.2) is 0 Å². The maximum absolute atomic E-state index is 11.8. The fraction of sp³-hybridized carbons (Fsp3) is 0.444. The van der Waals surface area contributed by atoms with Gasteiger partial charge >= 0.3 is 5.69 Å². The summed E-state index contributed by atoms with van der Waals surface area (Å²) in [6.45, 7) is 1.36. The van der Waals surface area contributed by atoms with Crippen LogP contribution in [0.3, 0.4) is 0 Å². The lowest BCUT2D eigenvalue weighted by molar-refractivity contribution is 0.0790. The number of carbonyl (C=O) groups is 1. The molecule has 0 aromatic carbocycles. The Morgan fingerprint density at radius 2 is 1.93 bits per heavy atom. The molecule has 2 rings (SSSR count). The average molecular weight is 209 g/mol. The molecule has 2 N–H and O–H groups in total. The quantitative estimate of drug-likeness (QED) is 0.641. The van der Waals surface area contributed by atoms with Gasteiger partial charge in [-0.15, -0.1) is 0 Å². The van der Waals surface area contributed by atoms with E-state index in [9.17, 15) is 14.4 Å². The highest BCUT2D eigenvalue weighted by molar-refractivity contribution is 5.93. The van der Waals surface area contributed by atoms with E-state index in [2.05, 4.69) is 4.98 Å². The number of aromatic nitrogens is 2. The first-order valence-electron chi connectivity index (χ1n) is 4.80. The van der Waals surface area contributed by atoms with E-state index >= 15 is 0 Å². The summed E-state index contributed by atoms with van der Waals surface area (Å²) >= 11 is 0. The number of likely N-dealkylation sites (tertiary alicyclic amines) is 1. The second-order valence-corrected chi connectivity index (χ2v) is 3.48. The van der Waals surface area contributed by atoms with Gasteiger partial charge in [0, 0.05) is 19.3 Å². The summed E-state index contributed by atoms with van der Waals surface area (Å²) in [6, 6.07) is 0. The lowest BCUT2D eigenvalue weighted by Crippen LogP contribution is -2.35. The molecule has 0 spiro atoms. The third-order valence-electron chi connectivity index (χ3n) is 2.44. The van der Waals surface area contributed by atoms with Crippen molar-refractivity contribution >= 4 is 5.91 Å². The Hall–Kier alpha value is -1.85. The minimum absolute atomic E-state index is 0.00324. The first-order valence-corrected chi connectivity index (χ1v) is 4.80. The van der Waals surface area contributed by atoms with Crippen LogP contribution in [0, 0.1) is 0 Å². The fourth-order valence-corrected chi connectivity index (χ4v) is 1.66. The number of rotatable bonds is 1. The van der Waals surface area contributed by atoms with Crippen molar-refractivity contribution in [3.8, 4) is 0 Å². The van der Waals surface area contributed by atoms with Crippen LogP contribution in [0.25, 0.3) is 0 Å². The Balaban J connectivity index is 2.33. The molecule has 1 fully saturated rings. The van der Waals surface area contributed by atoms with Crippen molar-refractivity contribution in [1.29, 1.82) is 0 Å². The summed E-state index contributed by atoms with van der Waals surface area (Å²) in [6.07, 6.45) is 3.10. The second kappa shape index (κ2) is 3.72. The monoisotopic (exact) mass is 209 g/mol. The summed E-state index contributed by atoms with van der Waals surface area (Å²) in [7, 11) is 0. The highest BCUT2D eigenvalue weighted by atomic mass is 16.2. The number of carbonyl (C=O) groups excluding carboxylic acids is 1. The molecule has 0 saturated carbocycles. The SMILES string of the molecule is O=C(c1c[nH]c(=O)[nH]c1=O)N1CCCC1. The van der Waals surface area contributed by atoms with E-state index in [1.54, 1.807) is 4.90 Å². The number of amides is 1. The number of hydrogen-bond acceptors (Lipinski definition) is 3. The molecule has 1 amide bonds. The standard InChI is InChI=1S/C9H11N3O3/c13-7-6(5-10-9(15)11-7)8(14)12-3-1-2-4-12/h5H,1-4H2,(H2,10,11,13,15). The van der Waals surface area contributed by atoms with Gasteiger partial charge in [-0.2, -0.15) is 0 Å². The van der Waals surface area contributed by atoms with Crippen LogP contribution >= 0.6 is 0 Å². The summed E-state index contributed by atoms with van der Waals surface area (Å²) in [5, 5.41) is 0. The zero-order valence-corrected chi connectivity index (χ0v) is 8.08. The van der Waals surface area contributed by atoms with Crippen LogP contribution in [-0.2, 0) is 0 Å². The van der Waals surface area contributed by atoms with Gasteiger partial charge in [0.2, 0.25) is 0 Å². The molecule has 6 heteroatoms. The van der Waals surface area contributed by atoms with E-state index in [-0.39, 0.29) is 11.5 Å². The largest absolute Gasteiger partial charge is 0.338 e. The second-order valence-electron chi connectivity index (χ2n) is 3.48. The van der Waals surface area contributed by atoms with Gasteiger partial charge in [-0.3, -0.25) is 14.6 Å². The molecular weight excluding hydrogens is 198 g/mol. The van der Waals surface area contributed by atoms with Crippen LogP contribution in [0.2, 0.25) is 0 Å². The van der Waals surface area contributed by atoms with Gasteiger partial charge in [0.1, 0.15) is 5.56 Å². The van der Waals surface area contributed by atoms with Crippen molar-refractivity contribution in [2.45, 2.75) is 12.8 Å². The molecule has 0 aliphatic carbocycles. The van der Waals surface area contributed by atoms with Crippen LogP contribution in [0.5, 0.6) is 0 Å². The number of hydrogen-bond donors (Lipinski definition) is 2. The van der Waals surface area contributed by atoms with Crippen LogP contribution in [0.4, 0.5) is 0 Å². The highest BCUT2D eigenvalue weighted by Gasteiger charge is 2.21. The molecule has 6 nitrogen and oxygen atoms in total. The molecule has 2 heterocycles. The van der Waals surface area contributed by atoms with Crippen molar-refractivity contribution < 1.29 is 4.79 Å². The summed E-state index contributed by atoms with van der Waals surface area (Å²) in [4.78, 5) is 39.8. The molecule has 0 radical (unpaired) electrons. The molecular formula is C9H11N3O3. The topological polar surface area (TPSA) is 86.0 Å². The molecule has 15 heavy (non-hydrogen) atoms. The first-order chi connectivity index (χ1) is 7.18. The zero-order valence-electron chi connectivity index (χ0n) is 8.08. The van der Waals surface area contributed by atoms with E-state index in [4.69, 9.17) is 0 Å². The maximum Gasteiger partial charge on any atom is 0.325 e. The Kier molecular flexibility index (Phi) is 2.40. The number of H-pyrrole nitrogens is 2. The Bertz CT molecular complexity index is 482. The Morgan fingerprint density at radius 1 is 1.27 bits per heavy atom. The van der Waals surface area contributed by atoms with E-state index in [1.807, 2.05) is 4.98 Å². The minimum Gasteiger partial charge on any atom is -0.338 e. The molecule has 1 aromatic heterocycles. The van der Waals surface area contributed by atoms with Gasteiger partial charge < -0.3 is 9.88 Å². The van der Waals surface area contributed by atoms with Crippen LogP contribution in [0.15, 0.2) is 15.8 Å².